The molecule has 0 amide bonds. The van der Waals surface area contributed by atoms with Crippen LogP contribution in [0.1, 0.15) is 67.8 Å². The molecule has 33 heavy (non-hydrogen) atoms. The summed E-state index contributed by atoms with van der Waals surface area (Å²) in [5, 5.41) is 7.38. The van der Waals surface area contributed by atoms with E-state index in [1.54, 1.807) is 0 Å². The third-order valence-corrected chi connectivity index (χ3v) is 6.44. The lowest BCUT2D eigenvalue weighted by molar-refractivity contribution is -0.120. The minimum Gasteiger partial charge on any atom is -0.492 e. The molecule has 0 unspecified atom stereocenters. The molecule has 1 saturated carbocycles. The zero-order chi connectivity index (χ0) is 23.1. The second-order valence-corrected chi connectivity index (χ2v) is 10.3. The molecule has 1 aromatic carbocycles. The van der Waals surface area contributed by atoms with Crippen molar-refractivity contribution in [1.82, 2.24) is 20.2 Å². The molecule has 2 aromatic heterocycles. The molecule has 0 radical (unpaired) electrons. The molecule has 3 aromatic rings. The molecule has 7 nitrogen and oxygen atoms in total. The summed E-state index contributed by atoms with van der Waals surface area (Å²) in [6, 6.07) is 11.6. The minimum absolute atomic E-state index is 0.0388. The Morgan fingerprint density at radius 3 is 2.67 bits per heavy atom. The zero-order valence-corrected chi connectivity index (χ0v) is 19.4. The second-order valence-electron chi connectivity index (χ2n) is 10.3. The Kier molecular flexibility index (Phi) is 5.52. The maximum atomic E-state index is 13.2. The van der Waals surface area contributed by atoms with Crippen molar-refractivity contribution in [3.05, 3.63) is 59.7 Å². The number of ether oxygens (including phenoxy) is 2. The summed E-state index contributed by atoms with van der Waals surface area (Å²) in [6.45, 7) is 8.14. The number of aromatic nitrogens is 4. The third kappa shape index (κ3) is 4.69. The van der Waals surface area contributed by atoms with Crippen molar-refractivity contribution in [3.8, 4) is 17.1 Å². The topological polar surface area (TPSA) is 90.0 Å². The van der Waals surface area contributed by atoms with Gasteiger partial charge in [-0.05, 0) is 18.8 Å². The van der Waals surface area contributed by atoms with Crippen LogP contribution in [0.5, 0.6) is 5.75 Å². The van der Waals surface area contributed by atoms with Crippen molar-refractivity contribution in [2.24, 2.45) is 5.41 Å². The Bertz CT molecular complexity index is 1150. The van der Waals surface area contributed by atoms with E-state index < -0.39 is 5.41 Å². The van der Waals surface area contributed by atoms with E-state index in [1.807, 2.05) is 56.4 Å². The molecule has 0 atom stereocenters. The Balaban J connectivity index is 1.32. The second kappa shape index (κ2) is 8.37. The molecule has 3 heterocycles. The van der Waals surface area contributed by atoms with Gasteiger partial charge in [0.15, 0.2) is 11.6 Å². The smallest absolute Gasteiger partial charge is 0.182 e. The van der Waals surface area contributed by atoms with Gasteiger partial charge >= 0.3 is 0 Å². The normalized spacial score (nSPS) is 17.4. The van der Waals surface area contributed by atoms with Crippen molar-refractivity contribution in [1.29, 1.82) is 0 Å². The van der Waals surface area contributed by atoms with E-state index in [0.717, 1.165) is 29.7 Å². The molecule has 7 heteroatoms. The number of H-pyrrole nitrogens is 1. The first-order valence-corrected chi connectivity index (χ1v) is 11.6. The Morgan fingerprint density at radius 2 is 2.00 bits per heavy atom. The van der Waals surface area contributed by atoms with Crippen LogP contribution in [0.25, 0.3) is 11.4 Å². The average Bonchev–Trinajstić information content (AvgIpc) is 3.51. The largest absolute Gasteiger partial charge is 0.492 e. The average molecular weight is 447 g/mol. The quantitative estimate of drug-likeness (QED) is 0.479. The van der Waals surface area contributed by atoms with Crippen LogP contribution < -0.4 is 4.74 Å². The van der Waals surface area contributed by atoms with Gasteiger partial charge < -0.3 is 9.47 Å². The number of carbonyl (C=O) groups excluding carboxylic acids is 1. The Morgan fingerprint density at radius 1 is 1.24 bits per heavy atom. The summed E-state index contributed by atoms with van der Waals surface area (Å²) in [6.07, 6.45) is 4.38. The van der Waals surface area contributed by atoms with Crippen LogP contribution in [0, 0.1) is 5.41 Å². The number of carbonyl (C=O) groups is 1. The van der Waals surface area contributed by atoms with E-state index in [4.69, 9.17) is 9.47 Å². The first-order chi connectivity index (χ1) is 15.8. The molecule has 0 bridgehead atoms. The summed E-state index contributed by atoms with van der Waals surface area (Å²) in [4.78, 5) is 22.4. The standard InChI is InChI=1S/C26H30N4O3/c1-25(2,24-28-23(29-30-24)18-7-5-4-6-8-18)12-21(31)20-11-22(19(13-27-20)17-9-10-17)33-16-26(3)14-32-15-26/h4-8,11,13,17H,9-10,12,14-16H2,1-3H3,(H,28,29,30). The highest BCUT2D eigenvalue weighted by Crippen LogP contribution is 2.44. The van der Waals surface area contributed by atoms with Crippen molar-refractivity contribution < 1.29 is 14.3 Å². The van der Waals surface area contributed by atoms with E-state index in [9.17, 15) is 4.79 Å². The van der Waals surface area contributed by atoms with E-state index >= 15 is 0 Å². The summed E-state index contributed by atoms with van der Waals surface area (Å²) in [7, 11) is 0. The summed E-state index contributed by atoms with van der Waals surface area (Å²) in [5.74, 6) is 2.54. The number of nitrogens with zero attached hydrogens (tertiary/aromatic N) is 3. The molecular weight excluding hydrogens is 416 g/mol. The van der Waals surface area contributed by atoms with Crippen LogP contribution in [-0.4, -0.2) is 45.8 Å². The summed E-state index contributed by atoms with van der Waals surface area (Å²) >= 11 is 0. The van der Waals surface area contributed by atoms with E-state index in [-0.39, 0.29) is 17.6 Å². The zero-order valence-electron chi connectivity index (χ0n) is 19.4. The maximum Gasteiger partial charge on any atom is 0.182 e. The van der Waals surface area contributed by atoms with Crippen molar-refractivity contribution in [2.75, 3.05) is 19.8 Å². The highest BCUT2D eigenvalue weighted by Gasteiger charge is 2.36. The molecule has 1 aliphatic heterocycles. The van der Waals surface area contributed by atoms with Crippen LogP contribution in [-0.2, 0) is 10.2 Å². The number of Topliss-reactive ketones (excluding diaryl/α,β-unsaturated/α-hetero) is 1. The Hall–Kier alpha value is -3.06. The number of aromatic amines is 1. The van der Waals surface area contributed by atoms with Crippen LogP contribution in [0.15, 0.2) is 42.6 Å². The van der Waals surface area contributed by atoms with Gasteiger partial charge in [0.2, 0.25) is 0 Å². The number of benzene rings is 1. The summed E-state index contributed by atoms with van der Waals surface area (Å²) < 4.78 is 11.5. The first kappa shape index (κ1) is 21.8. The monoisotopic (exact) mass is 446 g/mol. The van der Waals surface area contributed by atoms with Gasteiger partial charge in [-0.1, -0.05) is 51.1 Å². The van der Waals surface area contributed by atoms with Crippen molar-refractivity contribution in [2.45, 2.75) is 51.4 Å². The van der Waals surface area contributed by atoms with Crippen LogP contribution >= 0.6 is 0 Å². The number of hydrogen-bond donors (Lipinski definition) is 1. The van der Waals surface area contributed by atoms with Crippen LogP contribution in [0.4, 0.5) is 0 Å². The number of rotatable bonds is 9. The molecule has 5 rings (SSSR count). The molecule has 172 valence electrons. The lowest BCUT2D eigenvalue weighted by Gasteiger charge is -2.37. The molecule has 2 fully saturated rings. The molecule has 0 spiro atoms. The lowest BCUT2D eigenvalue weighted by Crippen LogP contribution is -2.44. The third-order valence-electron chi connectivity index (χ3n) is 6.44. The van der Waals surface area contributed by atoms with E-state index in [1.165, 1.54) is 0 Å². The number of hydrogen-bond acceptors (Lipinski definition) is 6. The van der Waals surface area contributed by atoms with Gasteiger partial charge in [0.1, 0.15) is 17.3 Å². The van der Waals surface area contributed by atoms with Gasteiger partial charge in [-0.15, -0.1) is 0 Å². The minimum atomic E-state index is -0.522. The van der Waals surface area contributed by atoms with Gasteiger partial charge in [-0.25, -0.2) is 4.98 Å². The first-order valence-electron chi connectivity index (χ1n) is 11.6. The van der Waals surface area contributed by atoms with Gasteiger partial charge in [0.05, 0.1) is 19.8 Å². The Labute approximate surface area is 194 Å². The highest BCUT2D eigenvalue weighted by molar-refractivity contribution is 5.95. The highest BCUT2D eigenvalue weighted by atomic mass is 16.5. The number of pyridine rings is 1. The fraction of sp³-hybridized carbons (Fsp3) is 0.462. The molecule has 2 aliphatic rings. The van der Waals surface area contributed by atoms with Gasteiger partial charge in [0, 0.05) is 40.6 Å². The van der Waals surface area contributed by atoms with E-state index in [0.29, 0.717) is 43.1 Å². The summed E-state index contributed by atoms with van der Waals surface area (Å²) in [5.41, 5.74) is 1.99. The SMILES string of the molecule is CC1(COc2cc(C(=O)CC(C)(C)c3nc(-c4ccccc4)n[nH]3)ncc2C2CC2)COC1. The van der Waals surface area contributed by atoms with Crippen LogP contribution in [0.3, 0.4) is 0 Å². The fourth-order valence-electron chi connectivity index (χ4n) is 4.07. The van der Waals surface area contributed by atoms with Crippen molar-refractivity contribution >= 4 is 5.78 Å². The van der Waals surface area contributed by atoms with Gasteiger partial charge in [-0.2, -0.15) is 5.10 Å². The molecular formula is C26H30N4O3. The molecule has 1 N–H and O–H groups in total. The van der Waals surface area contributed by atoms with Gasteiger partial charge in [-0.3, -0.25) is 14.9 Å². The van der Waals surface area contributed by atoms with Gasteiger partial charge in [0.25, 0.3) is 0 Å². The van der Waals surface area contributed by atoms with E-state index in [2.05, 4.69) is 27.1 Å². The number of ketones is 1. The fourth-order valence-corrected chi connectivity index (χ4v) is 4.07. The van der Waals surface area contributed by atoms with Crippen LogP contribution in [0.2, 0.25) is 0 Å². The lowest BCUT2D eigenvalue weighted by atomic mass is 9.85. The molecule has 1 saturated heterocycles. The predicted octanol–water partition coefficient (Wildman–Crippen LogP) is 4.71. The maximum absolute atomic E-state index is 13.2. The molecule has 1 aliphatic carbocycles. The number of nitrogens with one attached hydrogen (secondary N) is 1. The predicted molar refractivity (Wildman–Crippen MR) is 124 cm³/mol. The van der Waals surface area contributed by atoms with Crippen molar-refractivity contribution in [3.63, 3.8) is 0 Å².